The Kier molecular flexibility index (Phi) is 12.1. The molecule has 8 heteroatoms. The molecule has 198 valence electrons. The van der Waals surface area contributed by atoms with Gasteiger partial charge in [-0.1, -0.05) is 56.7 Å². The van der Waals surface area contributed by atoms with Gasteiger partial charge in [0.2, 0.25) is 5.91 Å². The van der Waals surface area contributed by atoms with Crippen molar-refractivity contribution in [1.82, 2.24) is 9.62 Å². The van der Waals surface area contributed by atoms with Crippen molar-refractivity contribution in [2.45, 2.75) is 56.5 Å². The van der Waals surface area contributed by atoms with E-state index in [0.717, 1.165) is 31.7 Å². The zero-order chi connectivity index (χ0) is 25.8. The highest BCUT2D eigenvalue weighted by molar-refractivity contribution is 7.99. The lowest BCUT2D eigenvalue weighted by atomic mass is 10.0. The number of ether oxygens (including phenoxy) is 2. The van der Waals surface area contributed by atoms with Gasteiger partial charge in [-0.2, -0.15) is 0 Å². The first-order valence-electron chi connectivity index (χ1n) is 12.8. The molecule has 2 aliphatic heterocycles. The molecule has 0 aromatic heterocycles. The highest BCUT2D eigenvalue weighted by atomic mass is 32.2. The summed E-state index contributed by atoms with van der Waals surface area (Å²) in [4.78, 5) is 12.9. The van der Waals surface area contributed by atoms with Crippen molar-refractivity contribution in [3.63, 3.8) is 0 Å². The lowest BCUT2D eigenvalue weighted by Crippen LogP contribution is -2.42. The third kappa shape index (κ3) is 8.78. The highest BCUT2D eigenvalue weighted by Gasteiger charge is 2.40. The Morgan fingerprint density at radius 2 is 1.69 bits per heavy atom. The number of thioether (sulfide) groups is 1. The molecule has 2 heterocycles. The van der Waals surface area contributed by atoms with Gasteiger partial charge in [-0.05, 0) is 47.2 Å². The van der Waals surface area contributed by atoms with Gasteiger partial charge in [0.25, 0.3) is 0 Å². The molecule has 0 atom stereocenters. The topological polar surface area (TPSA) is 71.0 Å². The summed E-state index contributed by atoms with van der Waals surface area (Å²) in [5, 5.41) is 11.4. The van der Waals surface area contributed by atoms with Crippen LogP contribution < -0.4 is 5.32 Å². The molecule has 1 spiro atoms. The number of hydrogen-bond donors (Lipinski definition) is 2. The van der Waals surface area contributed by atoms with Crippen LogP contribution >= 0.6 is 23.7 Å². The monoisotopic (exact) mass is 532 g/mol. The molecule has 2 aliphatic rings. The Bertz CT molecular complexity index is 939. The Hall–Kier alpha value is -1.55. The highest BCUT2D eigenvalue weighted by Crippen LogP contribution is 2.37. The molecule has 0 radical (unpaired) electrons. The fourth-order valence-corrected chi connectivity index (χ4v) is 5.87. The fourth-order valence-electron chi connectivity index (χ4n) is 4.02. The molecule has 0 saturated carbocycles. The van der Waals surface area contributed by atoms with E-state index in [1.165, 1.54) is 33.6 Å². The van der Waals surface area contributed by atoms with Gasteiger partial charge in [0.15, 0.2) is 5.79 Å². The summed E-state index contributed by atoms with van der Waals surface area (Å²) < 4.78 is 14.1. The largest absolute Gasteiger partial charge is 0.395 e. The lowest BCUT2D eigenvalue weighted by molar-refractivity contribution is -0.178. The Morgan fingerprint density at radius 1 is 1.06 bits per heavy atom. The van der Waals surface area contributed by atoms with E-state index in [2.05, 4.69) is 72.9 Å². The van der Waals surface area contributed by atoms with Gasteiger partial charge in [0, 0.05) is 43.1 Å². The van der Waals surface area contributed by atoms with Crippen molar-refractivity contribution in [3.8, 4) is 11.1 Å². The quantitative estimate of drug-likeness (QED) is 0.427. The van der Waals surface area contributed by atoms with Crippen molar-refractivity contribution in [2.24, 2.45) is 0 Å². The smallest absolute Gasteiger partial charge is 0.230 e. The molecular weight excluding hydrogens is 492 g/mol. The predicted octanol–water partition coefficient (Wildman–Crippen LogP) is 5.27. The first-order valence-corrected chi connectivity index (χ1v) is 14.8. The molecule has 0 aliphatic carbocycles. The van der Waals surface area contributed by atoms with Gasteiger partial charge in [0.05, 0.1) is 25.6 Å². The molecule has 2 N–H and O–H groups in total. The Balaban J connectivity index is 0.00000115. The van der Waals surface area contributed by atoms with Crippen molar-refractivity contribution < 1.29 is 19.4 Å². The third-order valence-corrected chi connectivity index (χ3v) is 8.20. The van der Waals surface area contributed by atoms with E-state index < -0.39 is 0 Å². The summed E-state index contributed by atoms with van der Waals surface area (Å²) in [5.41, 5.74) is 4.88. The van der Waals surface area contributed by atoms with E-state index in [1.807, 2.05) is 11.9 Å². The fraction of sp³-hybridized carbons (Fsp3) is 0.536. The van der Waals surface area contributed by atoms with Gasteiger partial charge in [-0.25, -0.2) is 4.31 Å². The average Bonchev–Trinajstić information content (AvgIpc) is 3.34. The minimum atomic E-state index is -0.336. The number of carbonyl (C=O) groups excluding carboxylic acids is 1. The van der Waals surface area contributed by atoms with Crippen LogP contribution in [0.4, 0.5) is 0 Å². The molecule has 2 aromatic rings. The van der Waals surface area contributed by atoms with Gasteiger partial charge in [0.1, 0.15) is 0 Å². The minimum Gasteiger partial charge on any atom is -0.395 e. The van der Waals surface area contributed by atoms with Crippen LogP contribution in [0.1, 0.15) is 44.2 Å². The maximum absolute atomic E-state index is 11.6. The zero-order valence-corrected chi connectivity index (χ0v) is 23.4. The second kappa shape index (κ2) is 15.0. The molecule has 36 heavy (non-hydrogen) atoms. The number of rotatable bonds is 9. The minimum absolute atomic E-state index is 0.0280. The van der Waals surface area contributed by atoms with Crippen LogP contribution in [0.25, 0.3) is 11.1 Å². The summed E-state index contributed by atoms with van der Waals surface area (Å²) in [6, 6.07) is 15.2. The van der Waals surface area contributed by atoms with Crippen LogP contribution in [0.15, 0.2) is 47.4 Å². The number of carbonyl (C=O) groups is 1. The van der Waals surface area contributed by atoms with E-state index in [1.54, 1.807) is 11.8 Å². The summed E-state index contributed by atoms with van der Waals surface area (Å²) >= 11 is 3.41. The molecule has 4 rings (SSSR count). The van der Waals surface area contributed by atoms with E-state index in [0.29, 0.717) is 25.5 Å². The van der Waals surface area contributed by atoms with E-state index >= 15 is 0 Å². The number of aliphatic hydroxyl groups is 1. The maximum Gasteiger partial charge on any atom is 0.230 e. The summed E-state index contributed by atoms with van der Waals surface area (Å²) in [5.74, 6) is 0.807. The number of benzene rings is 2. The number of aliphatic hydroxyl groups excluding tert-OH is 1. The van der Waals surface area contributed by atoms with Crippen LogP contribution in [-0.4, -0.2) is 66.3 Å². The third-order valence-electron chi connectivity index (χ3n) is 5.94. The number of nitrogens with one attached hydrogen (secondary N) is 1. The standard InChI is InChI=1S/C25H32N2O4S2.C3H8/c1-19-2-5-22(16-23(19)33-27-11-8-25(9-12-27)30-14-15-31-25)21-6-3-20(4-7-21)17-32-18-24(29)26-10-13-28;1-3-2/h2-7,16,28H,8-15,17-18H2,1H3,(H,26,29);3H2,1-2H3. The molecule has 2 saturated heterocycles. The van der Waals surface area contributed by atoms with Crippen LogP contribution in [0.5, 0.6) is 0 Å². The molecular formula is C28H40N2O4S2. The molecule has 0 unspecified atom stereocenters. The van der Waals surface area contributed by atoms with E-state index in [-0.39, 0.29) is 18.3 Å². The normalized spacial score (nSPS) is 17.0. The maximum atomic E-state index is 11.6. The first kappa shape index (κ1) is 29.0. The molecule has 6 nitrogen and oxygen atoms in total. The van der Waals surface area contributed by atoms with Crippen molar-refractivity contribution in [2.75, 3.05) is 45.2 Å². The predicted molar refractivity (Wildman–Crippen MR) is 150 cm³/mol. The van der Waals surface area contributed by atoms with Gasteiger partial charge < -0.3 is 19.9 Å². The van der Waals surface area contributed by atoms with Gasteiger partial charge in [-0.3, -0.25) is 4.79 Å². The average molecular weight is 533 g/mol. The summed E-state index contributed by atoms with van der Waals surface area (Å²) in [7, 11) is 0. The number of piperidine rings is 1. The molecule has 2 aromatic carbocycles. The Morgan fingerprint density at radius 3 is 2.33 bits per heavy atom. The second-order valence-electron chi connectivity index (χ2n) is 9.08. The van der Waals surface area contributed by atoms with Gasteiger partial charge in [-0.15, -0.1) is 11.8 Å². The molecule has 2 fully saturated rings. The van der Waals surface area contributed by atoms with Gasteiger partial charge >= 0.3 is 0 Å². The SMILES string of the molecule is CCC.Cc1ccc(-c2ccc(CSCC(=O)NCCO)cc2)cc1SN1CCC2(CC1)OCCO2. The number of nitrogens with zero attached hydrogens (tertiary/aromatic N) is 1. The second-order valence-corrected chi connectivity index (χ2v) is 11.2. The zero-order valence-electron chi connectivity index (χ0n) is 21.8. The number of amides is 1. The number of hydrogen-bond acceptors (Lipinski definition) is 7. The lowest BCUT2D eigenvalue weighted by Gasteiger charge is -2.37. The summed E-state index contributed by atoms with van der Waals surface area (Å²) in [6.07, 6.45) is 3.09. The van der Waals surface area contributed by atoms with Crippen LogP contribution in [0, 0.1) is 6.92 Å². The first-order chi connectivity index (χ1) is 17.5. The summed E-state index contributed by atoms with van der Waals surface area (Å²) in [6.45, 7) is 10.0. The van der Waals surface area contributed by atoms with E-state index in [4.69, 9.17) is 14.6 Å². The van der Waals surface area contributed by atoms with Crippen molar-refractivity contribution in [1.29, 1.82) is 0 Å². The van der Waals surface area contributed by atoms with Crippen LogP contribution in [-0.2, 0) is 20.0 Å². The van der Waals surface area contributed by atoms with Crippen LogP contribution in [0.2, 0.25) is 0 Å². The molecule has 1 amide bonds. The van der Waals surface area contributed by atoms with E-state index in [9.17, 15) is 4.79 Å². The van der Waals surface area contributed by atoms with Crippen molar-refractivity contribution >= 4 is 29.6 Å². The number of aryl methyl sites for hydroxylation is 1. The molecule has 0 bridgehead atoms. The van der Waals surface area contributed by atoms with Crippen LogP contribution in [0.3, 0.4) is 0 Å². The Labute approximate surface area is 224 Å². The van der Waals surface area contributed by atoms with Crippen molar-refractivity contribution in [3.05, 3.63) is 53.6 Å².